The fourth-order valence-corrected chi connectivity index (χ4v) is 7.13. The second kappa shape index (κ2) is 14.7. The van der Waals surface area contributed by atoms with E-state index >= 15 is 0 Å². The van der Waals surface area contributed by atoms with Crippen LogP contribution in [0.3, 0.4) is 0 Å². The summed E-state index contributed by atoms with van der Waals surface area (Å²) in [6.07, 6.45) is 12.1. The standard InChI is InChI=1S/C28H43N4O9P/c1-18-16-32(28(36)29-25(18)33)24-15-14-23(39-24)17-38-42(37,30-19(2)26(34)40-21-10-6-4-7-11-21)31-20(3)27(35)41-22-12-8-5-9-13-22/h14-16,19-24H,4-13,17H2,1-3H3,(H,29,33,36)(H2,30,31,37)/t19-,20-,23+,24-/m1/s1. The van der Waals surface area contributed by atoms with E-state index in [9.17, 15) is 23.7 Å². The van der Waals surface area contributed by atoms with E-state index in [4.69, 9.17) is 18.7 Å². The molecule has 1 aromatic heterocycles. The summed E-state index contributed by atoms with van der Waals surface area (Å²) in [5.41, 5.74) is -0.776. The van der Waals surface area contributed by atoms with Crippen LogP contribution >= 0.6 is 7.67 Å². The van der Waals surface area contributed by atoms with Crippen molar-refractivity contribution in [1.29, 1.82) is 0 Å². The van der Waals surface area contributed by atoms with Crippen LogP contribution in [0, 0.1) is 6.92 Å². The molecule has 2 saturated carbocycles. The first-order valence-electron chi connectivity index (χ1n) is 14.9. The second-order valence-corrected chi connectivity index (χ2v) is 13.2. The number of aryl methyl sites for hydroxylation is 1. The van der Waals surface area contributed by atoms with Gasteiger partial charge in [-0.05, 0) is 78.2 Å². The van der Waals surface area contributed by atoms with Crippen LogP contribution in [0.2, 0.25) is 0 Å². The van der Waals surface area contributed by atoms with E-state index in [1.165, 1.54) is 24.6 Å². The van der Waals surface area contributed by atoms with E-state index in [1.807, 2.05) is 0 Å². The Hall–Kier alpha value is -2.57. The monoisotopic (exact) mass is 610 g/mol. The average Bonchev–Trinajstić information content (AvgIpc) is 3.44. The van der Waals surface area contributed by atoms with Crippen molar-refractivity contribution in [2.45, 2.75) is 122 Å². The third-order valence-electron chi connectivity index (χ3n) is 7.75. The molecule has 42 heavy (non-hydrogen) atoms. The number of nitrogens with zero attached hydrogens (tertiary/aromatic N) is 1. The summed E-state index contributed by atoms with van der Waals surface area (Å²) in [5, 5.41) is 5.45. The maximum absolute atomic E-state index is 14.0. The second-order valence-electron chi connectivity index (χ2n) is 11.4. The summed E-state index contributed by atoms with van der Waals surface area (Å²) < 4.78 is 38.2. The Morgan fingerprint density at radius 2 is 1.48 bits per heavy atom. The topological polar surface area (TPSA) is 167 Å². The van der Waals surface area contributed by atoms with Crippen molar-refractivity contribution in [1.82, 2.24) is 19.7 Å². The van der Waals surface area contributed by atoms with Crippen molar-refractivity contribution in [2.75, 3.05) is 6.61 Å². The van der Waals surface area contributed by atoms with Crippen molar-refractivity contribution < 1.29 is 32.9 Å². The highest BCUT2D eigenvalue weighted by molar-refractivity contribution is 7.54. The molecule has 0 radical (unpaired) electrons. The Kier molecular flexibility index (Phi) is 11.4. The number of aromatic nitrogens is 2. The number of ether oxygens (including phenoxy) is 3. The van der Waals surface area contributed by atoms with Crippen molar-refractivity contribution in [3.8, 4) is 0 Å². The normalized spacial score (nSPS) is 23.4. The van der Waals surface area contributed by atoms with Gasteiger partial charge in [0.2, 0.25) is 0 Å². The zero-order valence-corrected chi connectivity index (χ0v) is 25.4. The molecule has 0 amide bonds. The minimum atomic E-state index is -4.05. The average molecular weight is 611 g/mol. The Morgan fingerprint density at radius 3 is 2.00 bits per heavy atom. The van der Waals surface area contributed by atoms with Crippen molar-refractivity contribution in [3.63, 3.8) is 0 Å². The van der Waals surface area contributed by atoms with Gasteiger partial charge in [0, 0.05) is 11.8 Å². The maximum atomic E-state index is 14.0. The lowest BCUT2D eigenvalue weighted by atomic mass is 9.98. The lowest BCUT2D eigenvalue weighted by Crippen LogP contribution is -2.44. The molecule has 13 nitrogen and oxygen atoms in total. The lowest BCUT2D eigenvalue weighted by molar-refractivity contribution is -0.152. The number of aromatic amines is 1. The molecule has 14 heteroatoms. The SMILES string of the molecule is Cc1cn([C@H]2C=C[C@@H](COP(=O)(N[C@H](C)C(=O)OC3CCCCC3)N[C@H](C)C(=O)OC3CCCCC3)O2)c(=O)[nH]c1=O. The first-order chi connectivity index (χ1) is 20.0. The van der Waals surface area contributed by atoms with E-state index in [0.717, 1.165) is 64.2 Å². The van der Waals surface area contributed by atoms with Crippen molar-refractivity contribution in [2.24, 2.45) is 0 Å². The van der Waals surface area contributed by atoms with Gasteiger partial charge in [-0.1, -0.05) is 18.9 Å². The summed E-state index contributed by atoms with van der Waals surface area (Å²) in [4.78, 5) is 51.9. The van der Waals surface area contributed by atoms with Gasteiger partial charge in [-0.2, -0.15) is 0 Å². The van der Waals surface area contributed by atoms with Crippen molar-refractivity contribution >= 4 is 19.6 Å². The molecule has 4 rings (SSSR count). The molecule has 0 saturated heterocycles. The van der Waals surface area contributed by atoms with Crippen LogP contribution in [0.15, 0.2) is 27.9 Å². The van der Waals surface area contributed by atoms with E-state index < -0.39 is 55.3 Å². The van der Waals surface area contributed by atoms with Crippen LogP contribution in [0.5, 0.6) is 0 Å². The smallest absolute Gasteiger partial charge is 0.342 e. The summed E-state index contributed by atoms with van der Waals surface area (Å²) >= 11 is 0. The Morgan fingerprint density at radius 1 is 0.952 bits per heavy atom. The van der Waals surface area contributed by atoms with Crippen LogP contribution in [-0.4, -0.2) is 58.5 Å². The van der Waals surface area contributed by atoms with Crippen LogP contribution in [0.25, 0.3) is 0 Å². The molecule has 0 unspecified atom stereocenters. The quantitative estimate of drug-likeness (QED) is 0.181. The summed E-state index contributed by atoms with van der Waals surface area (Å²) in [6, 6.07) is -2.00. The molecule has 2 aliphatic carbocycles. The van der Waals surface area contributed by atoms with Crippen LogP contribution in [0.1, 0.15) is 89.8 Å². The van der Waals surface area contributed by atoms with Gasteiger partial charge in [0.05, 0.1) is 6.61 Å². The summed E-state index contributed by atoms with van der Waals surface area (Å²) in [6.45, 7) is 4.40. The molecular weight excluding hydrogens is 567 g/mol. The summed E-state index contributed by atoms with van der Waals surface area (Å²) in [5.74, 6) is -1.12. The largest absolute Gasteiger partial charge is 0.461 e. The van der Waals surface area contributed by atoms with Gasteiger partial charge >= 0.3 is 25.3 Å². The van der Waals surface area contributed by atoms with Crippen LogP contribution in [0.4, 0.5) is 0 Å². The Balaban J connectivity index is 1.40. The molecule has 3 aliphatic rings. The number of hydrogen-bond donors (Lipinski definition) is 3. The third kappa shape index (κ3) is 8.97. The van der Waals surface area contributed by atoms with Crippen LogP contribution in [-0.2, 0) is 32.9 Å². The number of nitrogens with one attached hydrogen (secondary N) is 3. The first kappa shape index (κ1) is 32.3. The highest BCUT2D eigenvalue weighted by atomic mass is 31.2. The van der Waals surface area contributed by atoms with E-state index in [-0.39, 0.29) is 18.8 Å². The van der Waals surface area contributed by atoms with Gasteiger partial charge in [-0.3, -0.25) is 28.5 Å². The van der Waals surface area contributed by atoms with Gasteiger partial charge in [-0.25, -0.2) is 15.0 Å². The molecule has 0 aromatic carbocycles. The van der Waals surface area contributed by atoms with Crippen molar-refractivity contribution in [3.05, 3.63) is 44.8 Å². The minimum absolute atomic E-state index is 0.179. The minimum Gasteiger partial charge on any atom is -0.461 e. The predicted octanol–water partition coefficient (Wildman–Crippen LogP) is 3.13. The molecule has 4 atom stereocenters. The first-order valence-corrected chi connectivity index (χ1v) is 16.5. The highest BCUT2D eigenvalue weighted by Gasteiger charge is 2.36. The van der Waals surface area contributed by atoms with Gasteiger partial charge in [-0.15, -0.1) is 0 Å². The number of carbonyl (C=O) groups is 2. The molecule has 1 aliphatic heterocycles. The predicted molar refractivity (Wildman–Crippen MR) is 154 cm³/mol. The zero-order valence-electron chi connectivity index (χ0n) is 24.5. The fraction of sp³-hybridized carbons (Fsp3) is 0.714. The van der Waals surface area contributed by atoms with E-state index in [1.54, 1.807) is 19.1 Å². The number of hydrogen-bond acceptors (Lipinski definition) is 9. The van der Waals surface area contributed by atoms with Crippen LogP contribution < -0.4 is 21.4 Å². The molecule has 1 aromatic rings. The fourth-order valence-electron chi connectivity index (χ4n) is 5.32. The number of H-pyrrole nitrogens is 1. The van der Waals surface area contributed by atoms with Gasteiger partial charge in [0.1, 0.15) is 30.4 Å². The molecule has 234 valence electrons. The third-order valence-corrected chi connectivity index (χ3v) is 9.72. The van der Waals surface area contributed by atoms with Gasteiger partial charge in [0.25, 0.3) is 5.56 Å². The number of rotatable bonds is 12. The lowest BCUT2D eigenvalue weighted by Gasteiger charge is -2.29. The maximum Gasteiger partial charge on any atom is 0.342 e. The molecule has 0 spiro atoms. The Labute approximate surface area is 245 Å². The van der Waals surface area contributed by atoms with E-state index in [2.05, 4.69) is 15.2 Å². The zero-order chi connectivity index (χ0) is 30.3. The Bertz CT molecular complexity index is 1240. The molecule has 3 N–H and O–H groups in total. The number of carbonyl (C=O) groups excluding carboxylic acids is 2. The molecule has 0 bridgehead atoms. The number of esters is 2. The summed E-state index contributed by atoms with van der Waals surface area (Å²) in [7, 11) is -4.05. The molecule has 2 fully saturated rings. The van der Waals surface area contributed by atoms with Gasteiger partial charge in [0.15, 0.2) is 6.23 Å². The van der Waals surface area contributed by atoms with Gasteiger partial charge < -0.3 is 18.7 Å². The molecular formula is C28H43N4O9P. The highest BCUT2D eigenvalue weighted by Crippen LogP contribution is 2.40. The molecule has 2 heterocycles. The van der Waals surface area contributed by atoms with E-state index in [0.29, 0.717) is 5.56 Å².